The molecule has 0 atom stereocenters. The third kappa shape index (κ3) is 2.59. The number of rotatable bonds is 3. The third-order valence-corrected chi connectivity index (χ3v) is 3.61. The van der Waals surface area contributed by atoms with Crippen molar-refractivity contribution in [3.63, 3.8) is 0 Å². The van der Waals surface area contributed by atoms with Gasteiger partial charge in [-0.05, 0) is 43.0 Å². The number of nitrogens with zero attached hydrogens (tertiary/aromatic N) is 2. The maximum atomic E-state index is 13.0. The maximum Gasteiger partial charge on any atom is 0.203 e. The molecule has 19 heavy (non-hydrogen) atoms. The quantitative estimate of drug-likeness (QED) is 0.859. The molecule has 1 aromatic carbocycles. The summed E-state index contributed by atoms with van der Waals surface area (Å²) in [5.74, 6) is 0.205. The van der Waals surface area contributed by atoms with Crippen molar-refractivity contribution in [2.24, 2.45) is 0 Å². The molecule has 1 aromatic heterocycles. The fraction of sp³-hybridized carbons (Fsp3) is 0.357. The molecule has 0 unspecified atom stereocenters. The van der Waals surface area contributed by atoms with Crippen LogP contribution < -0.4 is 4.74 Å². The van der Waals surface area contributed by atoms with E-state index in [1.54, 1.807) is 12.1 Å². The Kier molecular flexibility index (Phi) is 3.42. The minimum Gasteiger partial charge on any atom is -0.487 e. The second-order valence-electron chi connectivity index (χ2n) is 4.63. The van der Waals surface area contributed by atoms with Crippen LogP contribution in [0.1, 0.15) is 24.2 Å². The molecule has 0 aliphatic carbocycles. The number of aromatic nitrogens is 2. The first kappa shape index (κ1) is 12.5. The number of halogens is 2. The molecule has 0 amide bonds. The fourth-order valence-electron chi connectivity index (χ4n) is 2.40. The highest BCUT2D eigenvalue weighted by Crippen LogP contribution is 2.24. The number of hydrogen-bond donors (Lipinski definition) is 0. The normalized spacial score (nSPS) is 14.2. The van der Waals surface area contributed by atoms with E-state index in [0.29, 0.717) is 17.6 Å². The predicted octanol–water partition coefficient (Wildman–Crippen LogP) is 3.59. The van der Waals surface area contributed by atoms with Crippen molar-refractivity contribution in [1.82, 2.24) is 9.55 Å². The van der Waals surface area contributed by atoms with Crippen LogP contribution in [0.4, 0.5) is 4.39 Å². The zero-order chi connectivity index (χ0) is 13.2. The zero-order valence-electron chi connectivity index (χ0n) is 10.4. The highest BCUT2D eigenvalue weighted by molar-refractivity contribution is 6.28. The highest BCUT2D eigenvalue weighted by atomic mass is 35.5. The van der Waals surface area contributed by atoms with Gasteiger partial charge in [-0.3, -0.25) is 0 Å². The average Bonchev–Trinajstić information content (AvgIpc) is 2.74. The summed E-state index contributed by atoms with van der Waals surface area (Å²) in [5, 5.41) is 0.521. The van der Waals surface area contributed by atoms with Crippen LogP contribution in [-0.2, 0) is 19.6 Å². The number of imidazole rings is 1. The Balaban J connectivity index is 1.77. The molecule has 2 aromatic rings. The summed E-state index contributed by atoms with van der Waals surface area (Å²) in [6.07, 6.45) is 3.25. The van der Waals surface area contributed by atoms with E-state index in [2.05, 4.69) is 4.98 Å². The fourth-order valence-corrected chi connectivity index (χ4v) is 2.68. The van der Waals surface area contributed by atoms with Crippen molar-refractivity contribution in [1.29, 1.82) is 0 Å². The van der Waals surface area contributed by atoms with Crippen LogP contribution in [0.25, 0.3) is 0 Å². The molecule has 0 N–H and O–H groups in total. The summed E-state index contributed by atoms with van der Waals surface area (Å²) in [6.45, 7) is 1.24. The van der Waals surface area contributed by atoms with E-state index in [0.717, 1.165) is 37.2 Å². The average molecular weight is 281 g/mol. The van der Waals surface area contributed by atoms with Gasteiger partial charge in [-0.25, -0.2) is 9.37 Å². The topological polar surface area (TPSA) is 27.1 Å². The Labute approximate surface area is 116 Å². The molecule has 0 fully saturated rings. The molecular weight excluding hydrogens is 267 g/mol. The molecule has 3 rings (SSSR count). The van der Waals surface area contributed by atoms with Gasteiger partial charge >= 0.3 is 0 Å². The number of ether oxygens (including phenoxy) is 1. The maximum absolute atomic E-state index is 13.0. The molecule has 0 radical (unpaired) electrons. The SMILES string of the molecule is Fc1cccc(OCc2nc(Cl)n3c2CCCC3)c1. The molecule has 0 bridgehead atoms. The first-order valence-electron chi connectivity index (χ1n) is 6.36. The minimum atomic E-state index is -0.303. The van der Waals surface area contributed by atoms with Gasteiger partial charge < -0.3 is 9.30 Å². The second kappa shape index (κ2) is 5.21. The van der Waals surface area contributed by atoms with Crippen molar-refractivity contribution in [3.8, 4) is 5.75 Å². The van der Waals surface area contributed by atoms with Gasteiger partial charge in [0.2, 0.25) is 5.28 Å². The first-order valence-corrected chi connectivity index (χ1v) is 6.74. The van der Waals surface area contributed by atoms with Crippen molar-refractivity contribution in [3.05, 3.63) is 46.8 Å². The molecular formula is C14H14ClFN2O. The van der Waals surface area contributed by atoms with Gasteiger partial charge in [0.25, 0.3) is 0 Å². The lowest BCUT2D eigenvalue weighted by Gasteiger charge is -2.15. The van der Waals surface area contributed by atoms with Gasteiger partial charge in [-0.15, -0.1) is 0 Å². The number of hydrogen-bond acceptors (Lipinski definition) is 2. The van der Waals surface area contributed by atoms with Crippen molar-refractivity contribution in [2.75, 3.05) is 0 Å². The molecule has 0 saturated carbocycles. The van der Waals surface area contributed by atoms with Crippen molar-refractivity contribution in [2.45, 2.75) is 32.4 Å². The third-order valence-electron chi connectivity index (χ3n) is 3.33. The van der Waals surface area contributed by atoms with E-state index in [9.17, 15) is 4.39 Å². The molecule has 0 saturated heterocycles. The molecule has 1 aliphatic heterocycles. The molecule has 0 spiro atoms. The lowest BCUT2D eigenvalue weighted by molar-refractivity contribution is 0.298. The van der Waals surface area contributed by atoms with E-state index < -0.39 is 0 Å². The molecule has 5 heteroatoms. The summed E-state index contributed by atoms with van der Waals surface area (Å²) in [7, 11) is 0. The summed E-state index contributed by atoms with van der Waals surface area (Å²) in [4.78, 5) is 4.34. The Morgan fingerprint density at radius 2 is 2.26 bits per heavy atom. The molecule has 3 nitrogen and oxygen atoms in total. The summed E-state index contributed by atoms with van der Waals surface area (Å²) in [6, 6.07) is 6.11. The smallest absolute Gasteiger partial charge is 0.203 e. The Bertz CT molecular complexity index is 597. The van der Waals surface area contributed by atoms with Gasteiger partial charge in [0.1, 0.15) is 23.9 Å². The Morgan fingerprint density at radius 1 is 1.37 bits per heavy atom. The van der Waals surface area contributed by atoms with Crippen LogP contribution in [0.3, 0.4) is 0 Å². The second-order valence-corrected chi connectivity index (χ2v) is 4.97. The van der Waals surface area contributed by atoms with Crippen LogP contribution in [0, 0.1) is 5.82 Å². The highest BCUT2D eigenvalue weighted by Gasteiger charge is 2.19. The first-order chi connectivity index (χ1) is 9.24. The summed E-state index contributed by atoms with van der Waals surface area (Å²) in [5.41, 5.74) is 2.00. The van der Waals surface area contributed by atoms with Crippen LogP contribution in [-0.4, -0.2) is 9.55 Å². The van der Waals surface area contributed by atoms with E-state index in [4.69, 9.17) is 16.3 Å². The minimum absolute atomic E-state index is 0.303. The van der Waals surface area contributed by atoms with E-state index >= 15 is 0 Å². The van der Waals surface area contributed by atoms with E-state index in [1.165, 1.54) is 12.1 Å². The van der Waals surface area contributed by atoms with E-state index in [1.807, 2.05) is 4.57 Å². The van der Waals surface area contributed by atoms with Gasteiger partial charge in [-0.2, -0.15) is 0 Å². The summed E-state index contributed by atoms with van der Waals surface area (Å²) < 4.78 is 20.7. The molecule has 1 aliphatic rings. The standard InChI is InChI=1S/C14H14ClFN2O/c15-14-17-12(13-6-1-2-7-18(13)14)9-19-11-5-3-4-10(16)8-11/h3-5,8H,1-2,6-7,9H2. The monoisotopic (exact) mass is 280 g/mol. The molecule has 2 heterocycles. The predicted molar refractivity (Wildman–Crippen MR) is 70.9 cm³/mol. The van der Waals surface area contributed by atoms with Gasteiger partial charge in [0, 0.05) is 18.3 Å². The lowest BCUT2D eigenvalue weighted by atomic mass is 10.1. The van der Waals surface area contributed by atoms with Gasteiger partial charge in [0.15, 0.2) is 0 Å². The number of fused-ring (bicyclic) bond motifs is 1. The van der Waals surface area contributed by atoms with Crippen LogP contribution in [0.2, 0.25) is 5.28 Å². The summed E-state index contributed by atoms with van der Waals surface area (Å²) >= 11 is 6.11. The van der Waals surface area contributed by atoms with Gasteiger partial charge in [-0.1, -0.05) is 6.07 Å². The Hall–Kier alpha value is -1.55. The van der Waals surface area contributed by atoms with Crippen LogP contribution >= 0.6 is 11.6 Å². The largest absolute Gasteiger partial charge is 0.487 e. The van der Waals surface area contributed by atoms with Crippen molar-refractivity contribution < 1.29 is 9.13 Å². The van der Waals surface area contributed by atoms with Crippen molar-refractivity contribution >= 4 is 11.6 Å². The Morgan fingerprint density at radius 3 is 3.11 bits per heavy atom. The number of benzene rings is 1. The van der Waals surface area contributed by atoms with Gasteiger partial charge in [0.05, 0.1) is 0 Å². The molecule has 100 valence electrons. The lowest BCUT2D eigenvalue weighted by Crippen LogP contribution is -2.11. The van der Waals surface area contributed by atoms with Crippen LogP contribution in [0.5, 0.6) is 5.75 Å². The zero-order valence-corrected chi connectivity index (χ0v) is 11.2. The van der Waals surface area contributed by atoms with E-state index in [-0.39, 0.29) is 5.82 Å². The van der Waals surface area contributed by atoms with Crippen LogP contribution in [0.15, 0.2) is 24.3 Å².